The van der Waals surface area contributed by atoms with E-state index in [-0.39, 0.29) is 0 Å². The molecule has 2 nitrogen and oxygen atoms in total. The average Bonchev–Trinajstić information content (AvgIpc) is 3.59. The summed E-state index contributed by atoms with van der Waals surface area (Å²) in [5.74, 6) is 0. The Morgan fingerprint density at radius 2 is 0.904 bits per heavy atom. The van der Waals surface area contributed by atoms with Crippen LogP contribution in [0.15, 0.2) is 204 Å². The van der Waals surface area contributed by atoms with Crippen LogP contribution in [0.1, 0.15) is 0 Å². The van der Waals surface area contributed by atoms with Crippen molar-refractivity contribution in [1.82, 2.24) is 0 Å². The van der Waals surface area contributed by atoms with Crippen LogP contribution in [0.5, 0.6) is 0 Å². The van der Waals surface area contributed by atoms with Crippen LogP contribution in [0.4, 0.5) is 34.1 Å². The third-order valence-electron chi connectivity index (χ3n) is 9.85. The van der Waals surface area contributed by atoms with Gasteiger partial charge in [0.1, 0.15) is 0 Å². The van der Waals surface area contributed by atoms with E-state index in [0.29, 0.717) is 0 Å². The Labute approximate surface area is 311 Å². The highest BCUT2D eigenvalue weighted by atomic mass is 32.2. The summed E-state index contributed by atoms with van der Waals surface area (Å²) in [7, 11) is 0. The highest BCUT2D eigenvalue weighted by Crippen LogP contribution is 2.51. The monoisotopic (exact) mass is 700 g/mol. The predicted octanol–water partition coefficient (Wildman–Crippen LogP) is 14.8. The summed E-state index contributed by atoms with van der Waals surface area (Å²) in [6, 6.07) is 70.4. The molecule has 0 amide bonds. The lowest BCUT2D eigenvalue weighted by molar-refractivity contribution is 1.17. The van der Waals surface area contributed by atoms with Gasteiger partial charge in [0, 0.05) is 52.7 Å². The maximum atomic E-state index is 2.39. The first-order valence-corrected chi connectivity index (χ1v) is 19.1. The lowest BCUT2D eigenvalue weighted by atomic mass is 10.0. The highest BCUT2D eigenvalue weighted by molar-refractivity contribution is 7.99. The Balaban J connectivity index is 1.04. The molecule has 1 aromatic heterocycles. The molecule has 4 heteroatoms. The smallest absolute Gasteiger partial charge is 0.0601 e. The van der Waals surface area contributed by atoms with Gasteiger partial charge in [-0.25, -0.2) is 0 Å². The van der Waals surface area contributed by atoms with E-state index in [1.807, 2.05) is 23.1 Å². The van der Waals surface area contributed by atoms with E-state index in [4.69, 9.17) is 0 Å². The van der Waals surface area contributed by atoms with E-state index in [9.17, 15) is 0 Å². The van der Waals surface area contributed by atoms with Gasteiger partial charge in [0.25, 0.3) is 0 Å². The number of benzene rings is 8. The molecule has 246 valence electrons. The molecule has 10 rings (SSSR count). The standard InChI is InChI=1S/C48H32N2S2/c1-2-11-33(12-3-1)34-21-25-37(26-22-34)49(40-29-30-42-41-15-4-7-18-45(41)51-48(42)32-40)38-27-23-35(24-28-38)36-13-10-14-39(31-36)50-43-16-5-8-19-46(43)52-47-20-9-6-17-44(47)50/h1-32H. The van der Waals surface area contributed by atoms with Crippen molar-refractivity contribution in [1.29, 1.82) is 0 Å². The van der Waals surface area contributed by atoms with Crippen LogP contribution in [0, 0.1) is 0 Å². The summed E-state index contributed by atoms with van der Waals surface area (Å²) in [6.45, 7) is 0. The quantitative estimate of drug-likeness (QED) is 0.170. The minimum atomic E-state index is 1.11. The molecule has 0 bridgehead atoms. The summed E-state index contributed by atoms with van der Waals surface area (Å²) in [5.41, 5.74) is 11.7. The zero-order valence-electron chi connectivity index (χ0n) is 28.2. The van der Waals surface area contributed by atoms with Crippen molar-refractivity contribution in [3.05, 3.63) is 194 Å². The second-order valence-corrected chi connectivity index (χ2v) is 15.2. The van der Waals surface area contributed by atoms with Gasteiger partial charge >= 0.3 is 0 Å². The topological polar surface area (TPSA) is 6.48 Å². The average molecular weight is 701 g/mol. The Bertz CT molecular complexity index is 2670. The number of rotatable bonds is 6. The Kier molecular flexibility index (Phi) is 7.63. The molecule has 8 aromatic carbocycles. The molecular formula is C48H32N2S2. The second kappa shape index (κ2) is 12.9. The maximum absolute atomic E-state index is 2.39. The number of anilines is 6. The van der Waals surface area contributed by atoms with Crippen LogP contribution in [0.25, 0.3) is 42.4 Å². The molecule has 0 unspecified atom stereocenters. The van der Waals surface area contributed by atoms with Crippen LogP contribution in [-0.4, -0.2) is 0 Å². The van der Waals surface area contributed by atoms with Crippen molar-refractivity contribution in [2.45, 2.75) is 9.79 Å². The first-order valence-electron chi connectivity index (χ1n) is 17.5. The predicted molar refractivity (Wildman–Crippen MR) is 224 cm³/mol. The molecule has 1 aliphatic rings. The summed E-state index contributed by atoms with van der Waals surface area (Å²) in [4.78, 5) is 7.30. The van der Waals surface area contributed by atoms with Crippen molar-refractivity contribution in [3.63, 3.8) is 0 Å². The zero-order chi connectivity index (χ0) is 34.4. The molecule has 0 radical (unpaired) electrons. The van der Waals surface area contributed by atoms with E-state index in [1.165, 1.54) is 63.6 Å². The fourth-order valence-corrected chi connectivity index (χ4v) is 9.54. The molecule has 9 aromatic rings. The number of fused-ring (bicyclic) bond motifs is 5. The molecule has 0 saturated carbocycles. The van der Waals surface area contributed by atoms with Gasteiger partial charge in [-0.1, -0.05) is 127 Å². The molecule has 52 heavy (non-hydrogen) atoms. The van der Waals surface area contributed by atoms with Crippen molar-refractivity contribution in [2.75, 3.05) is 9.80 Å². The van der Waals surface area contributed by atoms with Crippen LogP contribution in [0.2, 0.25) is 0 Å². The zero-order valence-corrected chi connectivity index (χ0v) is 29.8. The van der Waals surface area contributed by atoms with Crippen LogP contribution >= 0.6 is 23.1 Å². The molecule has 1 aliphatic heterocycles. The SMILES string of the molecule is c1ccc(-c2ccc(N(c3ccc(-c4cccc(N5c6ccccc6Sc6ccccc65)c4)cc3)c3ccc4c(c3)sc3ccccc34)cc2)cc1. The summed E-state index contributed by atoms with van der Waals surface area (Å²) in [6.07, 6.45) is 0. The fourth-order valence-electron chi connectivity index (χ4n) is 7.34. The molecule has 0 fully saturated rings. The fraction of sp³-hybridized carbons (Fsp3) is 0. The summed E-state index contributed by atoms with van der Waals surface area (Å²) in [5, 5.41) is 2.62. The van der Waals surface area contributed by atoms with Gasteiger partial charge in [-0.2, -0.15) is 0 Å². The van der Waals surface area contributed by atoms with E-state index < -0.39 is 0 Å². The number of nitrogens with zero attached hydrogens (tertiary/aromatic N) is 2. The van der Waals surface area contributed by atoms with Gasteiger partial charge in [0.2, 0.25) is 0 Å². The van der Waals surface area contributed by atoms with E-state index in [2.05, 4.69) is 204 Å². The van der Waals surface area contributed by atoms with Gasteiger partial charge in [0.05, 0.1) is 11.4 Å². The van der Waals surface area contributed by atoms with E-state index >= 15 is 0 Å². The van der Waals surface area contributed by atoms with Crippen molar-refractivity contribution >= 4 is 77.4 Å². The third-order valence-corrected chi connectivity index (χ3v) is 12.1. The van der Waals surface area contributed by atoms with E-state index in [1.54, 1.807) is 0 Å². The molecule has 0 saturated heterocycles. The van der Waals surface area contributed by atoms with Crippen LogP contribution < -0.4 is 9.80 Å². The van der Waals surface area contributed by atoms with Crippen LogP contribution in [0.3, 0.4) is 0 Å². The van der Waals surface area contributed by atoms with Crippen molar-refractivity contribution in [3.8, 4) is 22.3 Å². The summed E-state index contributed by atoms with van der Waals surface area (Å²) >= 11 is 3.69. The van der Waals surface area contributed by atoms with Gasteiger partial charge in [0.15, 0.2) is 0 Å². The lowest BCUT2D eigenvalue weighted by Crippen LogP contribution is -2.14. The highest BCUT2D eigenvalue weighted by Gasteiger charge is 2.24. The lowest BCUT2D eigenvalue weighted by Gasteiger charge is -2.33. The Morgan fingerprint density at radius 3 is 1.62 bits per heavy atom. The molecule has 0 N–H and O–H groups in total. The molecule has 0 atom stereocenters. The second-order valence-electron chi connectivity index (χ2n) is 13.0. The van der Waals surface area contributed by atoms with Crippen LogP contribution in [-0.2, 0) is 0 Å². The first-order chi connectivity index (χ1) is 25.8. The number of hydrogen-bond acceptors (Lipinski definition) is 4. The van der Waals surface area contributed by atoms with Gasteiger partial charge in [-0.3, -0.25) is 0 Å². The van der Waals surface area contributed by atoms with Gasteiger partial charge in [-0.15, -0.1) is 11.3 Å². The third kappa shape index (κ3) is 5.45. The number of thiophene rings is 1. The number of para-hydroxylation sites is 2. The first kappa shape index (κ1) is 30.7. The minimum absolute atomic E-state index is 1.11. The van der Waals surface area contributed by atoms with Crippen molar-refractivity contribution in [2.24, 2.45) is 0 Å². The minimum Gasteiger partial charge on any atom is -0.310 e. The maximum Gasteiger partial charge on any atom is 0.0601 e. The van der Waals surface area contributed by atoms with Gasteiger partial charge < -0.3 is 9.80 Å². The molecule has 0 spiro atoms. The Morgan fingerprint density at radius 1 is 0.365 bits per heavy atom. The number of hydrogen-bond donors (Lipinski definition) is 0. The summed E-state index contributed by atoms with van der Waals surface area (Å²) < 4.78 is 2.60. The molecule has 0 aliphatic carbocycles. The van der Waals surface area contributed by atoms with E-state index in [0.717, 1.165) is 22.7 Å². The molecule has 2 heterocycles. The van der Waals surface area contributed by atoms with Crippen molar-refractivity contribution < 1.29 is 0 Å². The largest absolute Gasteiger partial charge is 0.310 e. The molecular weight excluding hydrogens is 669 g/mol. The van der Waals surface area contributed by atoms with Gasteiger partial charge in [-0.05, 0) is 101 Å². The Hall–Kier alpha value is -6.07. The normalized spacial score (nSPS) is 12.1.